The molecule has 4 heteroatoms. The van der Waals surface area contributed by atoms with Crippen LogP contribution in [-0.2, 0) is 4.74 Å². The molecule has 1 aromatic heterocycles. The van der Waals surface area contributed by atoms with Gasteiger partial charge in [0.15, 0.2) is 11.6 Å². The first kappa shape index (κ1) is 10.7. The molecule has 0 saturated carbocycles. The maximum absolute atomic E-state index is 10.9. The lowest BCUT2D eigenvalue weighted by Crippen LogP contribution is -2.04. The fourth-order valence-corrected chi connectivity index (χ4v) is 0.662. The molecule has 0 atom stereocenters. The van der Waals surface area contributed by atoms with E-state index in [0.29, 0.717) is 12.5 Å². The van der Waals surface area contributed by atoms with Crippen molar-refractivity contribution in [1.29, 1.82) is 0 Å². The van der Waals surface area contributed by atoms with Crippen LogP contribution in [-0.4, -0.2) is 17.6 Å². The zero-order chi connectivity index (χ0) is 8.27. The SMILES string of the molecule is C.CCOC(=O)c1coc(C)n1. The van der Waals surface area contributed by atoms with Crippen molar-refractivity contribution in [1.82, 2.24) is 4.98 Å². The molecule has 1 heterocycles. The molecule has 0 spiro atoms. The maximum atomic E-state index is 10.9. The molecule has 1 rings (SSSR count). The average Bonchev–Trinajstić information content (AvgIpc) is 2.36. The molecule has 1 aromatic rings. The van der Waals surface area contributed by atoms with Crippen molar-refractivity contribution in [3.05, 3.63) is 17.8 Å². The molecule has 68 valence electrons. The second-order valence-electron chi connectivity index (χ2n) is 1.97. The number of esters is 1. The monoisotopic (exact) mass is 171 g/mol. The van der Waals surface area contributed by atoms with Crippen molar-refractivity contribution in [2.45, 2.75) is 21.3 Å². The zero-order valence-corrected chi connectivity index (χ0v) is 6.46. The summed E-state index contributed by atoms with van der Waals surface area (Å²) in [5, 5.41) is 0. The minimum absolute atomic E-state index is 0. The Hall–Kier alpha value is -1.32. The molecule has 0 unspecified atom stereocenters. The number of aromatic nitrogens is 1. The number of rotatable bonds is 2. The molecule has 0 aliphatic carbocycles. The average molecular weight is 171 g/mol. The summed E-state index contributed by atoms with van der Waals surface area (Å²) in [6.45, 7) is 3.76. The van der Waals surface area contributed by atoms with Crippen molar-refractivity contribution in [2.75, 3.05) is 6.61 Å². The highest BCUT2D eigenvalue weighted by atomic mass is 16.5. The van der Waals surface area contributed by atoms with Gasteiger partial charge < -0.3 is 9.15 Å². The van der Waals surface area contributed by atoms with Gasteiger partial charge >= 0.3 is 5.97 Å². The van der Waals surface area contributed by atoms with Crippen LogP contribution in [0, 0.1) is 6.92 Å². The van der Waals surface area contributed by atoms with Crippen molar-refractivity contribution in [3.63, 3.8) is 0 Å². The molecule has 0 bridgehead atoms. The Morgan fingerprint density at radius 2 is 2.42 bits per heavy atom. The first-order chi connectivity index (χ1) is 5.24. The number of hydrogen-bond donors (Lipinski definition) is 0. The van der Waals surface area contributed by atoms with Crippen LogP contribution < -0.4 is 0 Å². The van der Waals surface area contributed by atoms with E-state index in [9.17, 15) is 4.79 Å². The van der Waals surface area contributed by atoms with Crippen molar-refractivity contribution < 1.29 is 13.9 Å². The number of nitrogens with zero attached hydrogens (tertiary/aromatic N) is 1. The third-order valence-electron chi connectivity index (χ3n) is 1.10. The molecular formula is C8H13NO3. The number of aryl methyl sites for hydroxylation is 1. The minimum atomic E-state index is -0.440. The highest BCUT2D eigenvalue weighted by molar-refractivity contribution is 5.86. The van der Waals surface area contributed by atoms with E-state index in [1.165, 1.54) is 6.26 Å². The predicted octanol–water partition coefficient (Wildman–Crippen LogP) is 1.80. The predicted molar refractivity (Wildman–Crippen MR) is 43.9 cm³/mol. The quantitative estimate of drug-likeness (QED) is 0.636. The molecule has 0 aliphatic heterocycles. The van der Waals surface area contributed by atoms with E-state index in [1.54, 1.807) is 13.8 Å². The van der Waals surface area contributed by atoms with E-state index in [0.717, 1.165) is 0 Å². The normalized spacial score (nSPS) is 8.83. The van der Waals surface area contributed by atoms with Gasteiger partial charge in [0.2, 0.25) is 0 Å². The van der Waals surface area contributed by atoms with Crippen LogP contribution in [0.1, 0.15) is 30.7 Å². The topological polar surface area (TPSA) is 52.3 Å². The van der Waals surface area contributed by atoms with Gasteiger partial charge in [0.05, 0.1) is 6.61 Å². The van der Waals surface area contributed by atoms with Crippen LogP contribution in [0.4, 0.5) is 0 Å². The van der Waals surface area contributed by atoms with Crippen molar-refractivity contribution in [3.8, 4) is 0 Å². The molecule has 0 N–H and O–H groups in total. The Morgan fingerprint density at radius 3 is 2.83 bits per heavy atom. The van der Waals surface area contributed by atoms with Gasteiger partial charge in [-0.15, -0.1) is 0 Å². The third-order valence-corrected chi connectivity index (χ3v) is 1.10. The van der Waals surface area contributed by atoms with Crippen molar-refractivity contribution >= 4 is 5.97 Å². The number of ether oxygens (including phenoxy) is 1. The third kappa shape index (κ3) is 2.38. The van der Waals surface area contributed by atoms with E-state index >= 15 is 0 Å². The van der Waals surface area contributed by atoms with E-state index in [4.69, 9.17) is 4.42 Å². The summed E-state index contributed by atoms with van der Waals surface area (Å²) in [7, 11) is 0. The van der Waals surface area contributed by atoms with Crippen LogP contribution in [0.25, 0.3) is 0 Å². The number of hydrogen-bond acceptors (Lipinski definition) is 4. The van der Waals surface area contributed by atoms with Gasteiger partial charge in [-0.2, -0.15) is 0 Å². The Kier molecular flexibility index (Phi) is 4.04. The van der Waals surface area contributed by atoms with E-state index in [-0.39, 0.29) is 13.1 Å². The molecule has 4 nitrogen and oxygen atoms in total. The van der Waals surface area contributed by atoms with E-state index in [1.807, 2.05) is 0 Å². The van der Waals surface area contributed by atoms with Gasteiger partial charge in [0, 0.05) is 6.92 Å². The summed E-state index contributed by atoms with van der Waals surface area (Å²) in [6, 6.07) is 0. The second kappa shape index (κ2) is 4.54. The fraction of sp³-hybridized carbons (Fsp3) is 0.500. The lowest BCUT2D eigenvalue weighted by molar-refractivity contribution is 0.0519. The van der Waals surface area contributed by atoms with Gasteiger partial charge in [-0.05, 0) is 6.92 Å². The molecule has 0 aliphatic rings. The lowest BCUT2D eigenvalue weighted by Gasteiger charge is -1.94. The summed E-state index contributed by atoms with van der Waals surface area (Å²) in [5.41, 5.74) is 0.226. The number of oxazole rings is 1. The number of carbonyl (C=O) groups excluding carboxylic acids is 1. The van der Waals surface area contributed by atoms with Crippen LogP contribution >= 0.6 is 0 Å². The summed E-state index contributed by atoms with van der Waals surface area (Å²) in [6.07, 6.45) is 1.29. The largest absolute Gasteiger partial charge is 0.461 e. The molecule has 0 fully saturated rings. The first-order valence-electron chi connectivity index (χ1n) is 3.33. The first-order valence-corrected chi connectivity index (χ1v) is 3.33. The maximum Gasteiger partial charge on any atom is 0.360 e. The molecule has 0 radical (unpaired) electrons. The van der Waals surface area contributed by atoms with Crippen molar-refractivity contribution in [2.24, 2.45) is 0 Å². The van der Waals surface area contributed by atoms with Gasteiger partial charge in [-0.3, -0.25) is 0 Å². The molecule has 12 heavy (non-hydrogen) atoms. The van der Waals surface area contributed by atoms with Crippen LogP contribution in [0.15, 0.2) is 10.7 Å². The standard InChI is InChI=1S/C7H9NO3.CH4/c1-3-10-7(9)6-4-11-5(2)8-6;/h4H,3H2,1-2H3;1H4. The summed E-state index contributed by atoms with van der Waals surface area (Å²) in [4.78, 5) is 14.7. The second-order valence-corrected chi connectivity index (χ2v) is 1.97. The summed E-state index contributed by atoms with van der Waals surface area (Å²) < 4.78 is 9.50. The number of carbonyl (C=O) groups is 1. The Balaban J connectivity index is 0.00000121. The van der Waals surface area contributed by atoms with Crippen LogP contribution in [0.5, 0.6) is 0 Å². The van der Waals surface area contributed by atoms with Gasteiger partial charge in [0.25, 0.3) is 0 Å². The highest BCUT2D eigenvalue weighted by Gasteiger charge is 2.10. The molecule has 0 amide bonds. The Labute approximate surface area is 71.6 Å². The highest BCUT2D eigenvalue weighted by Crippen LogP contribution is 2.01. The van der Waals surface area contributed by atoms with Gasteiger partial charge in [0.1, 0.15) is 6.26 Å². The molecule has 0 saturated heterocycles. The smallest absolute Gasteiger partial charge is 0.360 e. The fourth-order valence-electron chi connectivity index (χ4n) is 0.662. The van der Waals surface area contributed by atoms with E-state index < -0.39 is 5.97 Å². The zero-order valence-electron chi connectivity index (χ0n) is 6.46. The van der Waals surface area contributed by atoms with Crippen LogP contribution in [0.2, 0.25) is 0 Å². The molecule has 0 aromatic carbocycles. The van der Waals surface area contributed by atoms with Crippen LogP contribution in [0.3, 0.4) is 0 Å². The van der Waals surface area contributed by atoms with E-state index in [2.05, 4.69) is 9.72 Å². The summed E-state index contributed by atoms with van der Waals surface area (Å²) >= 11 is 0. The van der Waals surface area contributed by atoms with Gasteiger partial charge in [-0.1, -0.05) is 7.43 Å². The lowest BCUT2D eigenvalue weighted by atomic mass is 10.5. The molecular weight excluding hydrogens is 158 g/mol. The Morgan fingerprint density at radius 1 is 1.75 bits per heavy atom. The summed E-state index contributed by atoms with van der Waals surface area (Å²) in [5.74, 6) is 0.0254. The van der Waals surface area contributed by atoms with Gasteiger partial charge in [-0.25, -0.2) is 9.78 Å². The minimum Gasteiger partial charge on any atom is -0.461 e. The Bertz CT molecular complexity index is 255.